The molecule has 1 atom stereocenters. The van der Waals surface area contributed by atoms with Crippen molar-refractivity contribution in [2.24, 2.45) is 5.92 Å². The van der Waals surface area contributed by atoms with Crippen LogP contribution in [0.1, 0.15) is 12.5 Å². The van der Waals surface area contributed by atoms with Crippen LogP contribution in [0.15, 0.2) is 22.7 Å². The molecule has 0 fully saturated rings. The molecule has 1 nitrogen and oxygen atoms in total. The van der Waals surface area contributed by atoms with Gasteiger partial charge in [-0.15, -0.1) is 0 Å². The van der Waals surface area contributed by atoms with Gasteiger partial charge in [0, 0.05) is 16.7 Å². The molecule has 64 valence electrons. The minimum atomic E-state index is 0.756. The van der Waals surface area contributed by atoms with Crippen molar-refractivity contribution in [3.05, 3.63) is 28.2 Å². The van der Waals surface area contributed by atoms with Crippen molar-refractivity contribution < 1.29 is 0 Å². The van der Waals surface area contributed by atoms with Gasteiger partial charge in [0.05, 0.1) is 0 Å². The average Bonchev–Trinajstić information content (AvgIpc) is 2.03. The Morgan fingerprint density at radius 3 is 3.17 bits per heavy atom. The van der Waals surface area contributed by atoms with Gasteiger partial charge < -0.3 is 5.32 Å². The third kappa shape index (κ3) is 1.48. The monoisotopic (exact) mass is 225 g/mol. The highest BCUT2D eigenvalue weighted by atomic mass is 79.9. The Hall–Kier alpha value is -0.500. The largest absolute Gasteiger partial charge is 0.385 e. The summed E-state index contributed by atoms with van der Waals surface area (Å²) >= 11 is 3.48. The molecule has 12 heavy (non-hydrogen) atoms. The van der Waals surface area contributed by atoms with Crippen molar-refractivity contribution in [3.63, 3.8) is 0 Å². The summed E-state index contributed by atoms with van der Waals surface area (Å²) in [5.74, 6) is 0.756. The Balaban J connectivity index is 2.37. The van der Waals surface area contributed by atoms with E-state index in [4.69, 9.17) is 0 Å². The third-order valence-corrected chi connectivity index (χ3v) is 2.77. The summed E-state index contributed by atoms with van der Waals surface area (Å²) in [7, 11) is 0. The zero-order valence-corrected chi connectivity index (χ0v) is 8.69. The van der Waals surface area contributed by atoms with Gasteiger partial charge in [0.1, 0.15) is 0 Å². The van der Waals surface area contributed by atoms with Crippen molar-refractivity contribution in [1.82, 2.24) is 0 Å². The van der Waals surface area contributed by atoms with Gasteiger partial charge in [-0.25, -0.2) is 0 Å². The van der Waals surface area contributed by atoms with Crippen LogP contribution in [0.4, 0.5) is 5.69 Å². The smallest absolute Gasteiger partial charge is 0.0373 e. The second-order valence-corrected chi connectivity index (χ2v) is 4.41. The van der Waals surface area contributed by atoms with Crippen LogP contribution in [0.25, 0.3) is 0 Å². The summed E-state index contributed by atoms with van der Waals surface area (Å²) in [6, 6.07) is 6.44. The normalized spacial score (nSPS) is 21.3. The second-order valence-electron chi connectivity index (χ2n) is 3.49. The molecule has 0 amide bonds. The molecule has 2 heteroatoms. The standard InChI is InChI=1S/C10H12BrN/c1-7-4-8-5-9(11)2-3-10(8)12-6-7/h2-3,5,7,12H,4,6H2,1H3/t7-/m0/s1. The van der Waals surface area contributed by atoms with E-state index in [1.54, 1.807) is 0 Å². The SMILES string of the molecule is C[C@@H]1CNc2ccc(Br)cc2C1. The van der Waals surface area contributed by atoms with E-state index in [9.17, 15) is 0 Å². The molecule has 0 radical (unpaired) electrons. The van der Waals surface area contributed by atoms with Gasteiger partial charge in [-0.2, -0.15) is 0 Å². The molecule has 0 bridgehead atoms. The van der Waals surface area contributed by atoms with Gasteiger partial charge >= 0.3 is 0 Å². The van der Waals surface area contributed by atoms with Crippen molar-refractivity contribution >= 4 is 21.6 Å². The number of hydrogen-bond donors (Lipinski definition) is 1. The predicted octanol–water partition coefficient (Wildman–Crippen LogP) is 3.05. The Morgan fingerprint density at radius 2 is 2.33 bits per heavy atom. The first kappa shape index (κ1) is 8.11. The van der Waals surface area contributed by atoms with E-state index in [2.05, 4.69) is 46.4 Å². The van der Waals surface area contributed by atoms with Gasteiger partial charge in [-0.3, -0.25) is 0 Å². The molecular formula is C10H12BrN. The van der Waals surface area contributed by atoms with E-state index >= 15 is 0 Å². The molecule has 1 aliphatic rings. The van der Waals surface area contributed by atoms with Crippen molar-refractivity contribution in [2.75, 3.05) is 11.9 Å². The summed E-state index contributed by atoms with van der Waals surface area (Å²) in [5, 5.41) is 3.42. The van der Waals surface area contributed by atoms with Crippen LogP contribution >= 0.6 is 15.9 Å². The first-order chi connectivity index (χ1) is 5.75. The summed E-state index contributed by atoms with van der Waals surface area (Å²) in [6.07, 6.45) is 1.20. The van der Waals surface area contributed by atoms with Crippen LogP contribution in [0.3, 0.4) is 0 Å². The van der Waals surface area contributed by atoms with E-state index < -0.39 is 0 Å². The van der Waals surface area contributed by atoms with E-state index in [0.29, 0.717) is 0 Å². The van der Waals surface area contributed by atoms with Gasteiger partial charge in [0.2, 0.25) is 0 Å². The van der Waals surface area contributed by atoms with Crippen LogP contribution in [0, 0.1) is 5.92 Å². The minimum Gasteiger partial charge on any atom is -0.385 e. The molecule has 1 N–H and O–H groups in total. The number of fused-ring (bicyclic) bond motifs is 1. The molecular weight excluding hydrogens is 214 g/mol. The maximum absolute atomic E-state index is 3.48. The third-order valence-electron chi connectivity index (χ3n) is 2.28. The fourth-order valence-electron chi connectivity index (χ4n) is 1.64. The maximum atomic E-state index is 3.48. The van der Waals surface area contributed by atoms with E-state index in [1.807, 2.05) is 0 Å². The molecule has 1 aromatic rings. The first-order valence-corrected chi connectivity index (χ1v) is 5.07. The number of nitrogens with one attached hydrogen (secondary N) is 1. The van der Waals surface area contributed by atoms with Gasteiger partial charge in [0.25, 0.3) is 0 Å². The van der Waals surface area contributed by atoms with Gasteiger partial charge in [0.15, 0.2) is 0 Å². The Bertz CT molecular complexity index is 296. The zero-order chi connectivity index (χ0) is 8.55. The minimum absolute atomic E-state index is 0.756. The molecule has 0 spiro atoms. The Labute approximate surface area is 81.3 Å². The molecule has 1 aliphatic heterocycles. The van der Waals surface area contributed by atoms with Crippen LogP contribution in [0.2, 0.25) is 0 Å². The molecule has 0 unspecified atom stereocenters. The van der Waals surface area contributed by atoms with Gasteiger partial charge in [-0.1, -0.05) is 22.9 Å². The molecule has 0 saturated heterocycles. The predicted molar refractivity (Wildman–Crippen MR) is 55.5 cm³/mol. The molecule has 0 aromatic heterocycles. The highest BCUT2D eigenvalue weighted by Gasteiger charge is 2.13. The van der Waals surface area contributed by atoms with E-state index in [0.717, 1.165) is 12.5 Å². The van der Waals surface area contributed by atoms with Crippen molar-refractivity contribution in [3.8, 4) is 0 Å². The number of halogens is 1. The Kier molecular flexibility index (Phi) is 2.09. The van der Waals surface area contributed by atoms with Crippen molar-refractivity contribution in [1.29, 1.82) is 0 Å². The summed E-state index contributed by atoms with van der Waals surface area (Å²) < 4.78 is 1.18. The summed E-state index contributed by atoms with van der Waals surface area (Å²) in [6.45, 7) is 3.38. The maximum Gasteiger partial charge on any atom is 0.0373 e. The summed E-state index contributed by atoms with van der Waals surface area (Å²) in [4.78, 5) is 0. The average molecular weight is 226 g/mol. The van der Waals surface area contributed by atoms with Crippen LogP contribution in [0.5, 0.6) is 0 Å². The Morgan fingerprint density at radius 1 is 1.50 bits per heavy atom. The van der Waals surface area contributed by atoms with Gasteiger partial charge in [-0.05, 0) is 36.1 Å². The van der Waals surface area contributed by atoms with Crippen LogP contribution in [-0.4, -0.2) is 6.54 Å². The lowest BCUT2D eigenvalue weighted by Gasteiger charge is -2.23. The molecule has 2 rings (SSSR count). The zero-order valence-electron chi connectivity index (χ0n) is 7.10. The highest BCUT2D eigenvalue weighted by Crippen LogP contribution is 2.27. The quantitative estimate of drug-likeness (QED) is 0.716. The first-order valence-electron chi connectivity index (χ1n) is 4.28. The fraction of sp³-hybridized carbons (Fsp3) is 0.400. The second kappa shape index (κ2) is 3.09. The number of anilines is 1. The van der Waals surface area contributed by atoms with Crippen LogP contribution < -0.4 is 5.32 Å². The fourth-order valence-corrected chi connectivity index (χ4v) is 2.04. The molecule has 1 aromatic carbocycles. The topological polar surface area (TPSA) is 12.0 Å². The number of hydrogen-bond acceptors (Lipinski definition) is 1. The summed E-state index contributed by atoms with van der Waals surface area (Å²) in [5.41, 5.74) is 2.74. The number of rotatable bonds is 0. The molecule has 0 aliphatic carbocycles. The molecule has 0 saturated carbocycles. The van der Waals surface area contributed by atoms with E-state index in [1.165, 1.54) is 22.1 Å². The van der Waals surface area contributed by atoms with Crippen LogP contribution in [-0.2, 0) is 6.42 Å². The lowest BCUT2D eigenvalue weighted by Crippen LogP contribution is -2.20. The lowest BCUT2D eigenvalue weighted by atomic mass is 9.96. The van der Waals surface area contributed by atoms with E-state index in [-0.39, 0.29) is 0 Å². The lowest BCUT2D eigenvalue weighted by molar-refractivity contribution is 0.594. The molecule has 1 heterocycles. The van der Waals surface area contributed by atoms with Crippen molar-refractivity contribution in [2.45, 2.75) is 13.3 Å². The number of benzene rings is 1. The highest BCUT2D eigenvalue weighted by molar-refractivity contribution is 9.10.